The number of amides is 1. The van der Waals surface area contributed by atoms with Crippen LogP contribution in [-0.4, -0.2) is 36.8 Å². The highest BCUT2D eigenvalue weighted by Crippen LogP contribution is 2.34. The molecule has 2 aromatic carbocycles. The zero-order valence-corrected chi connectivity index (χ0v) is 19.4. The highest BCUT2D eigenvalue weighted by Gasteiger charge is 2.24. The summed E-state index contributed by atoms with van der Waals surface area (Å²) in [5.41, 5.74) is 0.650. The first-order valence-electron chi connectivity index (χ1n) is 10.3. The number of rotatable bonds is 8. The number of ether oxygens (including phenoxy) is 3. The van der Waals surface area contributed by atoms with E-state index in [0.29, 0.717) is 22.0 Å². The normalized spacial score (nSPS) is 13.4. The summed E-state index contributed by atoms with van der Waals surface area (Å²) in [7, 11) is 0. The maximum Gasteiger partial charge on any atom is 0.339 e. The molecule has 0 unspecified atom stereocenters. The summed E-state index contributed by atoms with van der Waals surface area (Å²) < 4.78 is 15.9. The second-order valence-corrected chi connectivity index (χ2v) is 9.45. The van der Waals surface area contributed by atoms with E-state index in [1.54, 1.807) is 45.0 Å². The largest absolute Gasteiger partial charge is 0.454 e. The van der Waals surface area contributed by atoms with Crippen LogP contribution < -0.4 is 14.8 Å². The quantitative estimate of drug-likeness (QED) is 0.470. The summed E-state index contributed by atoms with van der Waals surface area (Å²) >= 11 is 1.24. The molecule has 32 heavy (non-hydrogen) atoms. The van der Waals surface area contributed by atoms with Gasteiger partial charge >= 0.3 is 5.97 Å². The van der Waals surface area contributed by atoms with Crippen LogP contribution in [0.3, 0.4) is 0 Å². The van der Waals surface area contributed by atoms with Crippen molar-refractivity contribution in [3.63, 3.8) is 0 Å². The minimum Gasteiger partial charge on any atom is -0.454 e. The predicted molar refractivity (Wildman–Crippen MR) is 121 cm³/mol. The van der Waals surface area contributed by atoms with Crippen molar-refractivity contribution in [2.75, 3.05) is 19.2 Å². The van der Waals surface area contributed by atoms with Gasteiger partial charge in [-0.15, -0.1) is 11.8 Å². The number of carbonyl (C=O) groups is 3. The van der Waals surface area contributed by atoms with Crippen LogP contribution in [0.4, 0.5) is 0 Å². The second-order valence-electron chi connectivity index (χ2n) is 8.44. The Kier molecular flexibility index (Phi) is 7.45. The molecule has 1 N–H and O–H groups in total. The molecule has 0 bridgehead atoms. The minimum absolute atomic E-state index is 0.125. The number of Topliss-reactive ketones (excluding diaryl/α,β-unsaturated/α-hetero) is 1. The van der Waals surface area contributed by atoms with Gasteiger partial charge in [-0.1, -0.05) is 39.0 Å². The van der Waals surface area contributed by atoms with Crippen LogP contribution in [0, 0.1) is 5.41 Å². The average molecular weight is 458 g/mol. The van der Waals surface area contributed by atoms with Crippen molar-refractivity contribution >= 4 is 29.4 Å². The third-order valence-electron chi connectivity index (χ3n) is 4.91. The lowest BCUT2D eigenvalue weighted by molar-refractivity contribution is -0.129. The van der Waals surface area contributed by atoms with Crippen molar-refractivity contribution in [3.8, 4) is 11.5 Å². The number of hydrogen-bond donors (Lipinski definition) is 1. The first kappa shape index (κ1) is 23.7. The molecule has 1 atom stereocenters. The van der Waals surface area contributed by atoms with E-state index in [9.17, 15) is 14.4 Å². The van der Waals surface area contributed by atoms with E-state index in [-0.39, 0.29) is 36.9 Å². The molecular weight excluding hydrogens is 430 g/mol. The molecule has 0 fully saturated rings. The topological polar surface area (TPSA) is 90.9 Å². The van der Waals surface area contributed by atoms with Gasteiger partial charge in [-0.25, -0.2) is 4.79 Å². The molecule has 8 heteroatoms. The Labute approximate surface area is 191 Å². The Morgan fingerprint density at radius 2 is 1.81 bits per heavy atom. The van der Waals surface area contributed by atoms with Gasteiger partial charge in [0.1, 0.15) is 0 Å². The van der Waals surface area contributed by atoms with Crippen LogP contribution in [0.25, 0.3) is 0 Å². The molecule has 1 heterocycles. The summed E-state index contributed by atoms with van der Waals surface area (Å²) in [5, 5.41) is 2.95. The van der Waals surface area contributed by atoms with Crippen molar-refractivity contribution in [3.05, 3.63) is 53.6 Å². The van der Waals surface area contributed by atoms with Crippen molar-refractivity contribution < 1.29 is 28.6 Å². The zero-order valence-electron chi connectivity index (χ0n) is 18.6. The SMILES string of the molecule is C[C@H](NC(=O)CSc1ccccc1C(=O)OCC(=O)C(C)(C)C)c1ccc2c(c1)OCO2. The predicted octanol–water partition coefficient (Wildman–Crippen LogP) is 4.16. The van der Waals surface area contributed by atoms with E-state index in [1.807, 2.05) is 25.1 Å². The standard InChI is InChI=1S/C24H27NO6S/c1-15(16-9-10-18-19(11-16)31-14-30-18)25-22(27)13-32-20-8-6-5-7-17(20)23(28)29-12-21(26)24(2,3)4/h5-11,15H,12-14H2,1-4H3,(H,25,27)/t15-/m0/s1. The zero-order chi connectivity index (χ0) is 23.3. The second kappa shape index (κ2) is 10.1. The molecular formula is C24H27NO6S. The van der Waals surface area contributed by atoms with E-state index >= 15 is 0 Å². The van der Waals surface area contributed by atoms with E-state index in [4.69, 9.17) is 14.2 Å². The lowest BCUT2D eigenvalue weighted by atomic mass is 9.91. The van der Waals surface area contributed by atoms with Gasteiger partial charge in [0.15, 0.2) is 23.9 Å². The lowest BCUT2D eigenvalue weighted by Crippen LogP contribution is -2.28. The highest BCUT2D eigenvalue weighted by molar-refractivity contribution is 8.00. The van der Waals surface area contributed by atoms with Gasteiger partial charge in [-0.2, -0.15) is 0 Å². The molecule has 0 saturated carbocycles. The fourth-order valence-electron chi connectivity index (χ4n) is 2.88. The summed E-state index contributed by atoms with van der Waals surface area (Å²) in [5.74, 6) is 0.560. The number of fused-ring (bicyclic) bond motifs is 1. The number of nitrogens with one attached hydrogen (secondary N) is 1. The van der Waals surface area contributed by atoms with Crippen molar-refractivity contribution in [2.24, 2.45) is 5.41 Å². The van der Waals surface area contributed by atoms with Gasteiger partial charge in [0.25, 0.3) is 0 Å². The van der Waals surface area contributed by atoms with E-state index in [0.717, 1.165) is 5.56 Å². The van der Waals surface area contributed by atoms with Crippen LogP contribution >= 0.6 is 11.8 Å². The monoisotopic (exact) mass is 457 g/mol. The van der Waals surface area contributed by atoms with E-state index in [2.05, 4.69) is 5.32 Å². The van der Waals surface area contributed by atoms with Crippen LogP contribution in [-0.2, 0) is 14.3 Å². The fourth-order valence-corrected chi connectivity index (χ4v) is 3.73. The number of carbonyl (C=O) groups excluding carboxylic acids is 3. The molecule has 7 nitrogen and oxygen atoms in total. The van der Waals surface area contributed by atoms with Gasteiger partial charge < -0.3 is 19.5 Å². The van der Waals surface area contributed by atoms with Gasteiger partial charge in [-0.3, -0.25) is 9.59 Å². The molecule has 1 aliphatic rings. The molecule has 0 saturated heterocycles. The Morgan fingerprint density at radius 1 is 1.09 bits per heavy atom. The minimum atomic E-state index is -0.583. The summed E-state index contributed by atoms with van der Waals surface area (Å²) in [6.07, 6.45) is 0. The van der Waals surface area contributed by atoms with Gasteiger partial charge in [0, 0.05) is 10.3 Å². The number of benzene rings is 2. The van der Waals surface area contributed by atoms with Gasteiger partial charge in [0.05, 0.1) is 17.4 Å². The van der Waals surface area contributed by atoms with Crippen LogP contribution in [0.1, 0.15) is 49.7 Å². The van der Waals surface area contributed by atoms with Gasteiger partial charge in [0.2, 0.25) is 12.7 Å². The average Bonchev–Trinajstić information content (AvgIpc) is 3.23. The summed E-state index contributed by atoms with van der Waals surface area (Å²) in [4.78, 5) is 37.6. The fraction of sp³-hybridized carbons (Fsp3) is 0.375. The maximum absolute atomic E-state index is 12.5. The van der Waals surface area contributed by atoms with Gasteiger partial charge in [-0.05, 0) is 36.8 Å². The van der Waals surface area contributed by atoms with Crippen molar-refractivity contribution in [1.82, 2.24) is 5.32 Å². The van der Waals surface area contributed by atoms with E-state index < -0.39 is 11.4 Å². The molecule has 0 aromatic heterocycles. The Balaban J connectivity index is 1.55. The smallest absolute Gasteiger partial charge is 0.339 e. The molecule has 1 amide bonds. The van der Waals surface area contributed by atoms with Crippen molar-refractivity contribution in [2.45, 2.75) is 38.6 Å². The molecule has 2 aromatic rings. The summed E-state index contributed by atoms with van der Waals surface area (Å²) in [6.45, 7) is 7.12. The summed E-state index contributed by atoms with van der Waals surface area (Å²) in [6, 6.07) is 12.2. The number of ketones is 1. The van der Waals surface area contributed by atoms with Crippen molar-refractivity contribution in [1.29, 1.82) is 0 Å². The third-order valence-corrected chi connectivity index (χ3v) is 5.98. The molecule has 0 aliphatic carbocycles. The Hall–Kier alpha value is -3.00. The first-order chi connectivity index (χ1) is 15.1. The van der Waals surface area contributed by atoms with Crippen LogP contribution in [0.5, 0.6) is 11.5 Å². The van der Waals surface area contributed by atoms with E-state index in [1.165, 1.54) is 11.8 Å². The molecule has 0 spiro atoms. The molecule has 0 radical (unpaired) electrons. The molecule has 1 aliphatic heterocycles. The highest BCUT2D eigenvalue weighted by atomic mass is 32.2. The number of hydrogen-bond acceptors (Lipinski definition) is 7. The van der Waals surface area contributed by atoms with Crippen LogP contribution in [0.15, 0.2) is 47.4 Å². The molecule has 3 rings (SSSR count). The van der Waals surface area contributed by atoms with Crippen LogP contribution in [0.2, 0.25) is 0 Å². The number of esters is 1. The molecule has 170 valence electrons. The Bertz CT molecular complexity index is 1010. The maximum atomic E-state index is 12.5. The Morgan fingerprint density at radius 3 is 2.56 bits per heavy atom. The lowest BCUT2D eigenvalue weighted by Gasteiger charge is -2.17. The number of thioether (sulfide) groups is 1. The first-order valence-corrected chi connectivity index (χ1v) is 11.2. The third kappa shape index (κ3) is 6.03.